The zero-order valence-corrected chi connectivity index (χ0v) is 11.5. The van der Waals surface area contributed by atoms with Crippen molar-refractivity contribution >= 4 is 44.5 Å². The van der Waals surface area contributed by atoms with E-state index in [1.165, 1.54) is 0 Å². The Hall–Kier alpha value is -1.01. The monoisotopic (exact) mass is 314 g/mol. The van der Waals surface area contributed by atoms with E-state index in [0.29, 0.717) is 5.75 Å². The first kappa shape index (κ1) is 12.4. The zero-order valence-electron chi connectivity index (χ0n) is 9.12. The highest BCUT2D eigenvalue weighted by Crippen LogP contribution is 2.21. The number of hydrogen-bond acceptors (Lipinski definition) is 3. The van der Waals surface area contributed by atoms with Gasteiger partial charge in [-0.1, -0.05) is 27.7 Å². The summed E-state index contributed by atoms with van der Waals surface area (Å²) in [7, 11) is 0. The predicted octanol–water partition coefficient (Wildman–Crippen LogP) is 2.52. The minimum Gasteiger partial charge on any atom is -0.334 e. The maximum absolute atomic E-state index is 11.8. The SMILES string of the molecule is Cc1cc(NC(=O)C2CSC(=O)N2)ccc1Br. The van der Waals surface area contributed by atoms with Gasteiger partial charge in [-0.15, -0.1) is 0 Å². The molecule has 0 radical (unpaired) electrons. The van der Waals surface area contributed by atoms with Crippen molar-refractivity contribution in [1.29, 1.82) is 0 Å². The first-order chi connectivity index (χ1) is 8.06. The van der Waals surface area contributed by atoms with Gasteiger partial charge in [0.05, 0.1) is 0 Å². The van der Waals surface area contributed by atoms with E-state index in [-0.39, 0.29) is 11.1 Å². The lowest BCUT2D eigenvalue weighted by molar-refractivity contribution is -0.117. The fourth-order valence-electron chi connectivity index (χ4n) is 1.48. The van der Waals surface area contributed by atoms with Crippen LogP contribution >= 0.6 is 27.7 Å². The lowest BCUT2D eigenvalue weighted by Crippen LogP contribution is -2.38. The largest absolute Gasteiger partial charge is 0.334 e. The number of hydrogen-bond donors (Lipinski definition) is 2. The van der Waals surface area contributed by atoms with E-state index in [4.69, 9.17) is 0 Å². The summed E-state index contributed by atoms with van der Waals surface area (Å²) in [5.74, 6) is 0.310. The number of benzene rings is 1. The number of aryl methyl sites for hydroxylation is 1. The topological polar surface area (TPSA) is 58.2 Å². The standard InChI is InChI=1S/C11H11BrN2O2S/c1-6-4-7(2-3-8(6)12)13-10(15)9-5-17-11(16)14-9/h2-4,9H,5H2,1H3,(H,13,15)(H,14,16). The minimum absolute atomic E-state index is 0.142. The van der Waals surface area contributed by atoms with Gasteiger partial charge in [-0.3, -0.25) is 9.59 Å². The Morgan fingerprint density at radius 2 is 2.35 bits per heavy atom. The molecule has 1 aliphatic heterocycles. The number of halogens is 1. The molecule has 0 bridgehead atoms. The van der Waals surface area contributed by atoms with Gasteiger partial charge in [-0.25, -0.2) is 0 Å². The fourth-order valence-corrected chi connectivity index (χ4v) is 2.50. The molecular formula is C11H11BrN2O2S. The van der Waals surface area contributed by atoms with Crippen molar-refractivity contribution in [3.63, 3.8) is 0 Å². The summed E-state index contributed by atoms with van der Waals surface area (Å²) >= 11 is 4.53. The average Bonchev–Trinajstić information content (AvgIpc) is 2.70. The van der Waals surface area contributed by atoms with Crippen LogP contribution in [0.1, 0.15) is 5.56 Å². The molecular weight excluding hydrogens is 304 g/mol. The molecule has 0 aliphatic carbocycles. The second kappa shape index (κ2) is 5.10. The lowest BCUT2D eigenvalue weighted by Gasteiger charge is -2.11. The van der Waals surface area contributed by atoms with Crippen LogP contribution in [0, 0.1) is 6.92 Å². The van der Waals surface area contributed by atoms with Gasteiger partial charge in [0, 0.05) is 15.9 Å². The highest BCUT2D eigenvalue weighted by molar-refractivity contribution is 9.10. The second-order valence-corrected chi connectivity index (χ2v) is 5.60. The summed E-state index contributed by atoms with van der Waals surface area (Å²) in [4.78, 5) is 22.8. The van der Waals surface area contributed by atoms with Crippen LogP contribution in [0.25, 0.3) is 0 Å². The van der Waals surface area contributed by atoms with Crippen LogP contribution in [0.4, 0.5) is 10.5 Å². The maximum Gasteiger partial charge on any atom is 0.279 e. The lowest BCUT2D eigenvalue weighted by atomic mass is 10.2. The molecule has 1 aliphatic rings. The third-order valence-corrected chi connectivity index (χ3v) is 4.18. The van der Waals surface area contributed by atoms with Gasteiger partial charge in [0.25, 0.3) is 5.24 Å². The van der Waals surface area contributed by atoms with Gasteiger partial charge in [0.15, 0.2) is 0 Å². The van der Waals surface area contributed by atoms with Crippen LogP contribution in [-0.4, -0.2) is 22.9 Å². The number of anilines is 1. The molecule has 1 atom stereocenters. The van der Waals surface area contributed by atoms with Crippen LogP contribution in [0.15, 0.2) is 22.7 Å². The van der Waals surface area contributed by atoms with Gasteiger partial charge in [-0.2, -0.15) is 0 Å². The molecule has 1 heterocycles. The molecule has 6 heteroatoms. The minimum atomic E-state index is -0.434. The fraction of sp³-hybridized carbons (Fsp3) is 0.273. The number of rotatable bonds is 2. The third-order valence-electron chi connectivity index (χ3n) is 2.42. The molecule has 1 aromatic carbocycles. The van der Waals surface area contributed by atoms with Crippen LogP contribution in [0.3, 0.4) is 0 Å². The molecule has 2 N–H and O–H groups in total. The van der Waals surface area contributed by atoms with E-state index in [1.807, 2.05) is 25.1 Å². The molecule has 1 saturated heterocycles. The van der Waals surface area contributed by atoms with E-state index in [2.05, 4.69) is 26.6 Å². The molecule has 0 saturated carbocycles. The van der Waals surface area contributed by atoms with Crippen molar-refractivity contribution in [2.24, 2.45) is 0 Å². The van der Waals surface area contributed by atoms with Crippen LogP contribution in [0.2, 0.25) is 0 Å². The Kier molecular flexibility index (Phi) is 3.73. The van der Waals surface area contributed by atoms with E-state index >= 15 is 0 Å². The summed E-state index contributed by atoms with van der Waals surface area (Å²) < 4.78 is 1.00. The number of amides is 2. The Morgan fingerprint density at radius 3 is 2.94 bits per heavy atom. The van der Waals surface area contributed by atoms with Gasteiger partial charge in [0.2, 0.25) is 5.91 Å². The Balaban J connectivity index is 2.03. The summed E-state index contributed by atoms with van der Waals surface area (Å²) in [5.41, 5.74) is 1.79. The molecule has 2 rings (SSSR count). The summed E-state index contributed by atoms with van der Waals surface area (Å²) in [6, 6.07) is 5.15. The van der Waals surface area contributed by atoms with Gasteiger partial charge in [0.1, 0.15) is 6.04 Å². The molecule has 1 unspecified atom stereocenters. The third kappa shape index (κ3) is 3.01. The van der Waals surface area contributed by atoms with Crippen molar-refractivity contribution in [1.82, 2.24) is 5.32 Å². The number of thioether (sulfide) groups is 1. The van der Waals surface area contributed by atoms with Crippen LogP contribution < -0.4 is 10.6 Å². The van der Waals surface area contributed by atoms with E-state index < -0.39 is 6.04 Å². The first-order valence-corrected chi connectivity index (χ1v) is 6.84. The van der Waals surface area contributed by atoms with Crippen molar-refractivity contribution < 1.29 is 9.59 Å². The summed E-state index contributed by atoms with van der Waals surface area (Å²) in [6.07, 6.45) is 0. The van der Waals surface area contributed by atoms with E-state index in [1.54, 1.807) is 0 Å². The van der Waals surface area contributed by atoms with Crippen LogP contribution in [-0.2, 0) is 4.79 Å². The Labute approximate surface area is 112 Å². The molecule has 2 amide bonds. The number of nitrogens with one attached hydrogen (secondary N) is 2. The van der Waals surface area contributed by atoms with Gasteiger partial charge >= 0.3 is 0 Å². The average molecular weight is 315 g/mol. The predicted molar refractivity (Wildman–Crippen MR) is 72.3 cm³/mol. The molecule has 0 spiro atoms. The maximum atomic E-state index is 11.8. The van der Waals surface area contributed by atoms with Crippen molar-refractivity contribution in [2.75, 3.05) is 11.1 Å². The first-order valence-electron chi connectivity index (χ1n) is 5.06. The summed E-state index contributed by atoms with van der Waals surface area (Å²) in [5, 5.41) is 5.25. The number of carbonyl (C=O) groups is 2. The van der Waals surface area contributed by atoms with Gasteiger partial charge < -0.3 is 10.6 Å². The van der Waals surface area contributed by atoms with E-state index in [9.17, 15) is 9.59 Å². The summed E-state index contributed by atoms with van der Waals surface area (Å²) in [6.45, 7) is 1.95. The van der Waals surface area contributed by atoms with E-state index in [0.717, 1.165) is 27.5 Å². The smallest absolute Gasteiger partial charge is 0.279 e. The molecule has 1 fully saturated rings. The van der Waals surface area contributed by atoms with Crippen molar-refractivity contribution in [3.05, 3.63) is 28.2 Å². The normalized spacial score (nSPS) is 18.9. The molecule has 1 aromatic rings. The molecule has 90 valence electrons. The highest BCUT2D eigenvalue weighted by atomic mass is 79.9. The zero-order chi connectivity index (χ0) is 12.4. The highest BCUT2D eigenvalue weighted by Gasteiger charge is 2.27. The second-order valence-electron chi connectivity index (χ2n) is 3.75. The number of carbonyl (C=O) groups excluding carboxylic acids is 2. The Morgan fingerprint density at radius 1 is 1.59 bits per heavy atom. The van der Waals surface area contributed by atoms with Crippen molar-refractivity contribution in [3.8, 4) is 0 Å². The van der Waals surface area contributed by atoms with Crippen LogP contribution in [0.5, 0.6) is 0 Å². The molecule has 0 aromatic heterocycles. The van der Waals surface area contributed by atoms with Crippen molar-refractivity contribution in [2.45, 2.75) is 13.0 Å². The molecule has 4 nitrogen and oxygen atoms in total. The Bertz CT molecular complexity index is 479. The van der Waals surface area contributed by atoms with Gasteiger partial charge in [-0.05, 0) is 30.7 Å². The quantitative estimate of drug-likeness (QED) is 0.882. The molecule has 17 heavy (non-hydrogen) atoms.